The van der Waals surface area contributed by atoms with Crippen LogP contribution in [0.4, 0.5) is 0 Å². The van der Waals surface area contributed by atoms with Crippen molar-refractivity contribution in [3.8, 4) is 0 Å². The van der Waals surface area contributed by atoms with Crippen LogP contribution in [0.3, 0.4) is 0 Å². The summed E-state index contributed by atoms with van der Waals surface area (Å²) in [4.78, 5) is 25.6. The van der Waals surface area contributed by atoms with E-state index < -0.39 is 6.10 Å². The molecule has 0 saturated heterocycles. The third-order valence-corrected chi connectivity index (χ3v) is 4.72. The van der Waals surface area contributed by atoms with Gasteiger partial charge in [0.15, 0.2) is 11.6 Å². The number of hydrogen-bond acceptors (Lipinski definition) is 4. The first-order valence-electron chi connectivity index (χ1n) is 9.45. The first kappa shape index (κ1) is 21.6. The summed E-state index contributed by atoms with van der Waals surface area (Å²) in [5.74, 6) is 0.421. The minimum Gasteiger partial charge on any atom is -0.487 e. The van der Waals surface area contributed by atoms with Crippen molar-refractivity contribution in [2.75, 3.05) is 6.61 Å². The lowest BCUT2D eigenvalue weighted by molar-refractivity contribution is -0.124. The van der Waals surface area contributed by atoms with Crippen LogP contribution in [-0.2, 0) is 14.3 Å². The average molecular weight is 350 g/mol. The molecule has 1 N–H and O–H groups in total. The Balaban J connectivity index is 3.09. The minimum absolute atomic E-state index is 0.0742. The van der Waals surface area contributed by atoms with E-state index in [1.165, 1.54) is 0 Å². The first-order valence-corrected chi connectivity index (χ1v) is 9.45. The van der Waals surface area contributed by atoms with Crippen molar-refractivity contribution in [3.05, 3.63) is 23.0 Å². The molecular weight excluding hydrogens is 316 g/mol. The maximum atomic E-state index is 12.8. The summed E-state index contributed by atoms with van der Waals surface area (Å²) in [7, 11) is 0. The van der Waals surface area contributed by atoms with Crippen molar-refractivity contribution in [2.24, 2.45) is 17.8 Å². The SMILES string of the molecule is CCC(C)C(=O)C1=C(OC(C=C(C)C)CO)C[C@H](CCC(C)C)C1=O. The summed E-state index contributed by atoms with van der Waals surface area (Å²) in [6.45, 7) is 11.7. The Morgan fingerprint density at radius 1 is 1.32 bits per heavy atom. The smallest absolute Gasteiger partial charge is 0.173 e. The lowest BCUT2D eigenvalue weighted by Gasteiger charge is -2.17. The zero-order valence-electron chi connectivity index (χ0n) is 16.6. The second kappa shape index (κ2) is 9.91. The second-order valence-electron chi connectivity index (χ2n) is 7.79. The molecule has 0 saturated carbocycles. The molecule has 142 valence electrons. The van der Waals surface area contributed by atoms with E-state index in [2.05, 4.69) is 13.8 Å². The molecule has 4 nitrogen and oxygen atoms in total. The number of ether oxygens (including phenoxy) is 1. The van der Waals surface area contributed by atoms with E-state index in [4.69, 9.17) is 4.74 Å². The molecule has 0 aliphatic heterocycles. The van der Waals surface area contributed by atoms with Crippen LogP contribution in [0.1, 0.15) is 67.2 Å². The van der Waals surface area contributed by atoms with Crippen molar-refractivity contribution in [1.29, 1.82) is 0 Å². The molecule has 0 aromatic carbocycles. The van der Waals surface area contributed by atoms with Gasteiger partial charge in [0, 0.05) is 18.3 Å². The van der Waals surface area contributed by atoms with Gasteiger partial charge in [-0.1, -0.05) is 39.7 Å². The van der Waals surface area contributed by atoms with Crippen LogP contribution in [0.25, 0.3) is 0 Å². The number of rotatable bonds is 10. The number of ketones is 2. The highest BCUT2D eigenvalue weighted by Gasteiger charge is 2.39. The maximum absolute atomic E-state index is 12.8. The van der Waals surface area contributed by atoms with Crippen LogP contribution in [0.15, 0.2) is 23.0 Å². The molecule has 0 bridgehead atoms. The van der Waals surface area contributed by atoms with E-state index >= 15 is 0 Å². The Morgan fingerprint density at radius 2 is 1.96 bits per heavy atom. The molecule has 0 aromatic rings. The fourth-order valence-electron chi connectivity index (χ4n) is 3.00. The molecule has 2 unspecified atom stereocenters. The molecule has 1 aliphatic rings. The Morgan fingerprint density at radius 3 is 2.44 bits per heavy atom. The molecule has 0 fully saturated rings. The van der Waals surface area contributed by atoms with Gasteiger partial charge in [-0.3, -0.25) is 9.59 Å². The van der Waals surface area contributed by atoms with Gasteiger partial charge < -0.3 is 9.84 Å². The molecular formula is C21H34O4. The van der Waals surface area contributed by atoms with Crippen molar-refractivity contribution in [3.63, 3.8) is 0 Å². The number of Topliss-reactive ketones (excluding diaryl/α,β-unsaturated/α-hetero) is 2. The monoisotopic (exact) mass is 350 g/mol. The average Bonchev–Trinajstić information content (AvgIpc) is 2.85. The van der Waals surface area contributed by atoms with Gasteiger partial charge in [-0.15, -0.1) is 0 Å². The van der Waals surface area contributed by atoms with Gasteiger partial charge in [0.1, 0.15) is 11.9 Å². The third-order valence-electron chi connectivity index (χ3n) is 4.72. The lowest BCUT2D eigenvalue weighted by Crippen LogP contribution is -2.22. The Labute approximate surface area is 152 Å². The molecule has 0 aromatic heterocycles. The van der Waals surface area contributed by atoms with Crippen molar-refractivity contribution < 1.29 is 19.4 Å². The summed E-state index contributed by atoms with van der Waals surface area (Å²) in [6.07, 6.45) is 4.19. The van der Waals surface area contributed by atoms with Crippen LogP contribution in [0, 0.1) is 17.8 Å². The van der Waals surface area contributed by atoms with E-state index in [0.29, 0.717) is 24.5 Å². The highest BCUT2D eigenvalue weighted by Crippen LogP contribution is 2.35. The third kappa shape index (κ3) is 6.10. The van der Waals surface area contributed by atoms with Crippen LogP contribution in [0.5, 0.6) is 0 Å². The van der Waals surface area contributed by atoms with Crippen molar-refractivity contribution in [2.45, 2.75) is 73.3 Å². The molecule has 1 rings (SSSR count). The van der Waals surface area contributed by atoms with Crippen LogP contribution in [0.2, 0.25) is 0 Å². The molecule has 3 atom stereocenters. The number of carbonyl (C=O) groups excluding carboxylic acids is 2. The maximum Gasteiger partial charge on any atom is 0.173 e. The molecule has 0 spiro atoms. The van der Waals surface area contributed by atoms with Crippen LogP contribution < -0.4 is 0 Å². The Bertz CT molecular complexity index is 538. The van der Waals surface area contributed by atoms with Crippen LogP contribution in [-0.4, -0.2) is 29.4 Å². The zero-order valence-corrected chi connectivity index (χ0v) is 16.6. The van der Waals surface area contributed by atoms with E-state index in [0.717, 1.165) is 18.4 Å². The fourth-order valence-corrected chi connectivity index (χ4v) is 3.00. The lowest BCUT2D eigenvalue weighted by atomic mass is 9.90. The zero-order chi connectivity index (χ0) is 19.1. The van der Waals surface area contributed by atoms with Gasteiger partial charge in [-0.05, 0) is 38.7 Å². The van der Waals surface area contributed by atoms with Crippen molar-refractivity contribution in [1.82, 2.24) is 0 Å². The largest absolute Gasteiger partial charge is 0.487 e. The molecule has 4 heteroatoms. The van der Waals surface area contributed by atoms with E-state index in [9.17, 15) is 14.7 Å². The van der Waals surface area contributed by atoms with Gasteiger partial charge in [0.25, 0.3) is 0 Å². The molecule has 0 radical (unpaired) electrons. The second-order valence-corrected chi connectivity index (χ2v) is 7.79. The fraction of sp³-hybridized carbons (Fsp3) is 0.714. The summed E-state index contributed by atoms with van der Waals surface area (Å²) in [6, 6.07) is 0. The van der Waals surface area contributed by atoms with Gasteiger partial charge in [0.05, 0.1) is 12.2 Å². The quantitative estimate of drug-likeness (QED) is 0.473. The number of allylic oxidation sites excluding steroid dienone is 3. The summed E-state index contributed by atoms with van der Waals surface area (Å²) >= 11 is 0. The molecule has 0 amide bonds. The first-order chi connectivity index (χ1) is 11.7. The highest BCUT2D eigenvalue weighted by molar-refractivity contribution is 6.23. The van der Waals surface area contributed by atoms with Crippen molar-refractivity contribution >= 4 is 11.6 Å². The molecule has 25 heavy (non-hydrogen) atoms. The predicted molar refractivity (Wildman–Crippen MR) is 100 cm³/mol. The van der Waals surface area contributed by atoms with E-state index in [-0.39, 0.29) is 35.6 Å². The number of aliphatic hydroxyl groups is 1. The number of hydrogen-bond donors (Lipinski definition) is 1. The normalized spacial score (nSPS) is 20.0. The van der Waals surface area contributed by atoms with Crippen LogP contribution >= 0.6 is 0 Å². The Hall–Kier alpha value is -1.42. The predicted octanol–water partition coefficient (Wildman–Crippen LogP) is 4.22. The minimum atomic E-state index is -0.517. The summed E-state index contributed by atoms with van der Waals surface area (Å²) in [5, 5.41) is 9.56. The summed E-state index contributed by atoms with van der Waals surface area (Å²) in [5.41, 5.74) is 1.26. The van der Waals surface area contributed by atoms with E-state index in [1.807, 2.05) is 33.8 Å². The van der Waals surface area contributed by atoms with Gasteiger partial charge in [-0.25, -0.2) is 0 Å². The standard InChI is InChI=1S/C21H34O4/c1-7-15(6)20(23)19-18(25-17(12-22)10-14(4)5)11-16(21(19)24)9-8-13(2)3/h10,13,15-17,22H,7-9,11-12H2,1-6H3/t15?,16-,17?/m0/s1. The number of carbonyl (C=O) groups is 2. The molecule has 1 aliphatic carbocycles. The molecule has 0 heterocycles. The van der Waals surface area contributed by atoms with Gasteiger partial charge in [0.2, 0.25) is 0 Å². The topological polar surface area (TPSA) is 63.6 Å². The Kier molecular flexibility index (Phi) is 8.57. The summed E-state index contributed by atoms with van der Waals surface area (Å²) < 4.78 is 5.92. The number of aliphatic hydroxyl groups excluding tert-OH is 1. The van der Waals surface area contributed by atoms with E-state index in [1.54, 1.807) is 0 Å². The van der Waals surface area contributed by atoms with Gasteiger partial charge in [-0.2, -0.15) is 0 Å². The highest BCUT2D eigenvalue weighted by atomic mass is 16.5. The van der Waals surface area contributed by atoms with Gasteiger partial charge >= 0.3 is 0 Å².